The third-order valence-corrected chi connectivity index (χ3v) is 6.00. The fourth-order valence-electron chi connectivity index (χ4n) is 3.13. The average Bonchev–Trinajstić information content (AvgIpc) is 3.02. The molecule has 1 unspecified atom stereocenters. The van der Waals surface area contributed by atoms with Gasteiger partial charge in [-0.3, -0.25) is 13.9 Å². The SMILES string of the molecule is CC(=O)NC[C@H]1CN(c2ccc(C3CCS(O)(O)NC3)c(F)c2)CO1. The third kappa shape index (κ3) is 4.62. The number of anilines is 1. The summed E-state index contributed by atoms with van der Waals surface area (Å²) in [5.74, 6) is -0.233. The van der Waals surface area contributed by atoms with Crippen molar-refractivity contribution in [1.29, 1.82) is 0 Å². The molecular weight excluding hydrogens is 349 g/mol. The Bertz CT molecular complexity index is 636. The quantitative estimate of drug-likeness (QED) is 0.644. The highest BCUT2D eigenvalue weighted by atomic mass is 32.3. The van der Waals surface area contributed by atoms with E-state index in [4.69, 9.17) is 4.74 Å². The summed E-state index contributed by atoms with van der Waals surface area (Å²) >= 11 is 0. The van der Waals surface area contributed by atoms with Crippen molar-refractivity contribution < 1.29 is 23.0 Å². The molecule has 0 spiro atoms. The molecule has 0 radical (unpaired) electrons. The molecule has 9 heteroatoms. The molecule has 0 aliphatic carbocycles. The molecule has 4 N–H and O–H groups in total. The second-order valence-corrected chi connectivity index (χ2v) is 8.52. The summed E-state index contributed by atoms with van der Waals surface area (Å²) in [4.78, 5) is 12.9. The van der Waals surface area contributed by atoms with Crippen LogP contribution in [0.1, 0.15) is 24.8 Å². The molecule has 25 heavy (non-hydrogen) atoms. The molecule has 2 heterocycles. The Balaban J connectivity index is 1.62. The number of carbonyl (C=O) groups is 1. The Morgan fingerprint density at radius 1 is 1.52 bits per heavy atom. The fraction of sp³-hybridized carbons (Fsp3) is 0.562. The summed E-state index contributed by atoms with van der Waals surface area (Å²) in [6.07, 6.45) is 0.427. The number of hydrogen-bond acceptors (Lipinski definition) is 6. The summed E-state index contributed by atoms with van der Waals surface area (Å²) in [7, 11) is -2.70. The predicted octanol–water partition coefficient (Wildman–Crippen LogP) is 1.87. The standard InChI is InChI=1S/C16H24FN3O4S/c1-11(21)18-8-14-9-20(10-24-14)13-2-3-15(16(17)6-13)12-4-5-25(22,23)19-7-12/h2-3,6,12,14,19,22-23H,4-5,7-10H2,1H3,(H,18,21)/t12?,14-/m0/s1. The molecule has 1 amide bonds. The first kappa shape index (κ1) is 18.4. The zero-order chi connectivity index (χ0) is 18.0. The summed E-state index contributed by atoms with van der Waals surface area (Å²) in [6, 6.07) is 5.11. The van der Waals surface area contributed by atoms with E-state index in [2.05, 4.69) is 10.0 Å². The summed E-state index contributed by atoms with van der Waals surface area (Å²) in [6.45, 7) is 3.19. The maximum atomic E-state index is 14.6. The zero-order valence-corrected chi connectivity index (χ0v) is 14.9. The smallest absolute Gasteiger partial charge is 0.216 e. The van der Waals surface area contributed by atoms with Crippen molar-refractivity contribution >= 4 is 22.4 Å². The maximum Gasteiger partial charge on any atom is 0.216 e. The Morgan fingerprint density at radius 3 is 2.96 bits per heavy atom. The monoisotopic (exact) mass is 373 g/mol. The summed E-state index contributed by atoms with van der Waals surface area (Å²) < 4.78 is 42.0. The number of amides is 1. The van der Waals surface area contributed by atoms with Gasteiger partial charge < -0.3 is 15.0 Å². The molecule has 2 atom stereocenters. The van der Waals surface area contributed by atoms with Crippen LogP contribution in [0.3, 0.4) is 0 Å². The van der Waals surface area contributed by atoms with E-state index in [1.54, 1.807) is 6.07 Å². The van der Waals surface area contributed by atoms with Crippen molar-refractivity contribution in [2.75, 3.05) is 37.0 Å². The molecule has 1 aromatic rings. The molecule has 0 aromatic heterocycles. The van der Waals surface area contributed by atoms with Gasteiger partial charge >= 0.3 is 0 Å². The third-order valence-electron chi connectivity index (χ3n) is 4.57. The summed E-state index contributed by atoms with van der Waals surface area (Å²) in [5, 5.41) is 2.72. The zero-order valence-electron chi connectivity index (χ0n) is 14.1. The van der Waals surface area contributed by atoms with E-state index in [1.807, 2.05) is 11.0 Å². The lowest BCUT2D eigenvalue weighted by Crippen LogP contribution is -2.34. The van der Waals surface area contributed by atoms with Crippen LogP contribution in [0, 0.1) is 5.82 Å². The lowest BCUT2D eigenvalue weighted by atomic mass is 9.95. The van der Waals surface area contributed by atoms with Crippen LogP contribution in [0.15, 0.2) is 18.2 Å². The second kappa shape index (κ2) is 7.46. The van der Waals surface area contributed by atoms with Gasteiger partial charge in [0.1, 0.15) is 12.5 Å². The molecule has 2 aliphatic rings. The topological polar surface area (TPSA) is 94.1 Å². The molecule has 0 saturated carbocycles. The van der Waals surface area contributed by atoms with Crippen molar-refractivity contribution in [1.82, 2.24) is 10.0 Å². The van der Waals surface area contributed by atoms with Crippen LogP contribution in [0.2, 0.25) is 0 Å². The normalized spacial score (nSPS) is 27.1. The minimum Gasteiger partial charge on any atom is -0.354 e. The number of ether oxygens (including phenoxy) is 1. The molecule has 140 valence electrons. The maximum absolute atomic E-state index is 14.6. The van der Waals surface area contributed by atoms with Crippen LogP contribution in [0.25, 0.3) is 0 Å². The highest BCUT2D eigenvalue weighted by molar-refractivity contribution is 8.22. The lowest BCUT2D eigenvalue weighted by Gasteiger charge is -2.40. The van der Waals surface area contributed by atoms with Crippen LogP contribution < -0.4 is 14.9 Å². The highest BCUT2D eigenvalue weighted by Gasteiger charge is 2.28. The first-order valence-corrected chi connectivity index (χ1v) is 9.96. The van der Waals surface area contributed by atoms with Crippen molar-refractivity contribution in [3.63, 3.8) is 0 Å². The number of carbonyl (C=O) groups excluding carboxylic acids is 1. The van der Waals surface area contributed by atoms with Crippen molar-refractivity contribution in [3.8, 4) is 0 Å². The molecule has 7 nitrogen and oxygen atoms in total. The van der Waals surface area contributed by atoms with Crippen LogP contribution in [0.5, 0.6) is 0 Å². The first-order valence-electron chi connectivity index (χ1n) is 8.25. The number of nitrogens with zero attached hydrogens (tertiary/aromatic N) is 1. The van der Waals surface area contributed by atoms with Crippen LogP contribution >= 0.6 is 10.8 Å². The Morgan fingerprint density at radius 2 is 2.32 bits per heavy atom. The number of halogens is 1. The van der Waals surface area contributed by atoms with Gasteiger partial charge in [-0.15, -0.1) is 10.8 Å². The van der Waals surface area contributed by atoms with Crippen molar-refractivity contribution in [2.45, 2.75) is 25.4 Å². The summed E-state index contributed by atoms with van der Waals surface area (Å²) in [5.41, 5.74) is 1.32. The van der Waals surface area contributed by atoms with Gasteiger partial charge in [-0.1, -0.05) is 6.07 Å². The molecule has 2 aliphatic heterocycles. The number of nitrogens with one attached hydrogen (secondary N) is 2. The first-order chi connectivity index (χ1) is 11.8. The van der Waals surface area contributed by atoms with E-state index in [0.717, 1.165) is 5.69 Å². The predicted molar refractivity (Wildman–Crippen MR) is 95.2 cm³/mol. The minimum absolute atomic E-state index is 0.0729. The Labute approximate surface area is 148 Å². The second-order valence-electron chi connectivity index (χ2n) is 6.49. The average molecular weight is 373 g/mol. The van der Waals surface area contributed by atoms with Gasteiger partial charge in [-0.05, 0) is 24.1 Å². The van der Waals surface area contributed by atoms with Gasteiger partial charge in [-0.2, -0.15) is 0 Å². The molecule has 0 bridgehead atoms. The van der Waals surface area contributed by atoms with Crippen LogP contribution in [-0.2, 0) is 9.53 Å². The minimum atomic E-state index is -2.70. The van der Waals surface area contributed by atoms with E-state index >= 15 is 0 Å². The molecule has 2 fully saturated rings. The van der Waals surface area contributed by atoms with E-state index in [9.17, 15) is 18.3 Å². The Kier molecular flexibility index (Phi) is 5.49. The lowest BCUT2D eigenvalue weighted by molar-refractivity contribution is -0.119. The largest absolute Gasteiger partial charge is 0.354 e. The van der Waals surface area contributed by atoms with Crippen LogP contribution in [-0.4, -0.2) is 53.2 Å². The molecule has 1 aromatic carbocycles. The van der Waals surface area contributed by atoms with E-state index in [-0.39, 0.29) is 29.5 Å². The van der Waals surface area contributed by atoms with E-state index < -0.39 is 10.8 Å². The highest BCUT2D eigenvalue weighted by Crippen LogP contribution is 2.42. The van der Waals surface area contributed by atoms with Gasteiger partial charge in [0.25, 0.3) is 0 Å². The fourth-order valence-corrected chi connectivity index (χ4v) is 4.36. The van der Waals surface area contributed by atoms with Crippen LogP contribution in [0.4, 0.5) is 10.1 Å². The molecular formula is C16H24FN3O4S. The van der Waals surface area contributed by atoms with Gasteiger partial charge in [0, 0.05) is 38.2 Å². The van der Waals surface area contributed by atoms with E-state index in [0.29, 0.717) is 38.3 Å². The van der Waals surface area contributed by atoms with Gasteiger partial charge in [0.15, 0.2) is 0 Å². The molecule has 2 saturated heterocycles. The van der Waals surface area contributed by atoms with E-state index in [1.165, 1.54) is 13.0 Å². The van der Waals surface area contributed by atoms with Gasteiger partial charge in [0.05, 0.1) is 11.9 Å². The Hall–Kier alpha value is -1.39. The van der Waals surface area contributed by atoms with Gasteiger partial charge in [0.2, 0.25) is 5.91 Å². The number of benzene rings is 1. The van der Waals surface area contributed by atoms with Crippen molar-refractivity contribution in [3.05, 3.63) is 29.6 Å². The number of rotatable bonds is 4. The number of hydrogen-bond donors (Lipinski definition) is 4. The molecule has 3 rings (SSSR count). The van der Waals surface area contributed by atoms with Gasteiger partial charge in [-0.25, -0.2) is 9.11 Å². The van der Waals surface area contributed by atoms with Crippen molar-refractivity contribution in [2.24, 2.45) is 0 Å².